The largest absolute Gasteiger partial charge is 0.347 e. The van der Waals surface area contributed by atoms with Crippen LogP contribution in [0.25, 0.3) is 0 Å². The van der Waals surface area contributed by atoms with Gasteiger partial charge in [0, 0.05) is 19.1 Å². The van der Waals surface area contributed by atoms with Gasteiger partial charge in [0.15, 0.2) is 0 Å². The highest BCUT2D eigenvalue weighted by Gasteiger charge is 2.35. The van der Waals surface area contributed by atoms with Gasteiger partial charge in [-0.2, -0.15) is 5.10 Å². The highest BCUT2D eigenvalue weighted by molar-refractivity contribution is 5.90. The summed E-state index contributed by atoms with van der Waals surface area (Å²) < 4.78 is 1.47. The van der Waals surface area contributed by atoms with Crippen molar-refractivity contribution in [1.82, 2.24) is 25.4 Å². The number of aryl methyl sites for hydroxylation is 1. The molecule has 1 amide bonds. The quantitative estimate of drug-likeness (QED) is 0.734. The Morgan fingerprint density at radius 3 is 2.81 bits per heavy atom. The van der Waals surface area contributed by atoms with Crippen LogP contribution < -0.4 is 10.6 Å². The minimum atomic E-state index is -0.165. The fourth-order valence-corrected chi connectivity index (χ4v) is 1.95. The number of amides is 1. The van der Waals surface area contributed by atoms with Gasteiger partial charge in [0.1, 0.15) is 6.33 Å². The first-order valence-corrected chi connectivity index (χ1v) is 5.48. The summed E-state index contributed by atoms with van der Waals surface area (Å²) in [5, 5.41) is 10.0. The molecule has 1 aliphatic rings. The molecule has 1 aliphatic carbocycles. The van der Waals surface area contributed by atoms with Gasteiger partial charge >= 0.3 is 0 Å². The van der Waals surface area contributed by atoms with Gasteiger partial charge in [-0.25, -0.2) is 9.67 Å². The lowest BCUT2D eigenvalue weighted by Crippen LogP contribution is -2.56. The molecule has 0 radical (unpaired) electrons. The predicted molar refractivity (Wildman–Crippen MR) is 59.0 cm³/mol. The van der Waals surface area contributed by atoms with Gasteiger partial charge in [-0.1, -0.05) is 0 Å². The second-order valence-corrected chi connectivity index (χ2v) is 4.27. The van der Waals surface area contributed by atoms with Crippen LogP contribution in [0.3, 0.4) is 0 Å². The molecule has 0 bridgehead atoms. The van der Waals surface area contributed by atoms with Crippen molar-refractivity contribution in [3.8, 4) is 0 Å². The lowest BCUT2D eigenvalue weighted by molar-refractivity contribution is 0.0903. The molecule has 1 aromatic heterocycles. The number of rotatable bonds is 4. The van der Waals surface area contributed by atoms with E-state index in [1.54, 1.807) is 7.05 Å². The Morgan fingerprint density at radius 1 is 1.62 bits per heavy atom. The molecule has 6 heteroatoms. The molecule has 1 heterocycles. The number of nitrogens with one attached hydrogen (secondary N) is 2. The topological polar surface area (TPSA) is 71.8 Å². The minimum Gasteiger partial charge on any atom is -0.347 e. The monoisotopic (exact) mass is 223 g/mol. The van der Waals surface area contributed by atoms with Crippen molar-refractivity contribution in [3.05, 3.63) is 12.2 Å². The SMILES string of the molecule is CNC1(CNC(=O)c2ncnn2C)CCC1. The van der Waals surface area contributed by atoms with E-state index in [2.05, 4.69) is 20.7 Å². The molecule has 2 N–H and O–H groups in total. The standard InChI is InChI=1S/C10H17N5O/c1-11-10(4-3-5-10)6-12-9(16)8-13-7-14-15(8)2/h7,11H,3-6H2,1-2H3,(H,12,16). The normalized spacial score (nSPS) is 17.9. The van der Waals surface area contributed by atoms with Gasteiger partial charge in [0.2, 0.25) is 5.82 Å². The molecule has 0 aliphatic heterocycles. The van der Waals surface area contributed by atoms with Crippen molar-refractivity contribution in [2.75, 3.05) is 13.6 Å². The summed E-state index contributed by atoms with van der Waals surface area (Å²) in [5.41, 5.74) is 0.0915. The maximum Gasteiger partial charge on any atom is 0.288 e. The second kappa shape index (κ2) is 4.21. The third-order valence-corrected chi connectivity index (χ3v) is 3.34. The molecule has 0 spiro atoms. The van der Waals surface area contributed by atoms with Crippen LogP contribution in [0.15, 0.2) is 6.33 Å². The zero-order valence-corrected chi connectivity index (χ0v) is 9.66. The van der Waals surface area contributed by atoms with Crippen molar-refractivity contribution in [1.29, 1.82) is 0 Å². The molecule has 1 aromatic rings. The van der Waals surface area contributed by atoms with Gasteiger partial charge < -0.3 is 10.6 Å². The first-order valence-electron chi connectivity index (χ1n) is 5.48. The summed E-state index contributed by atoms with van der Waals surface area (Å²) in [5.74, 6) is 0.187. The van der Waals surface area contributed by atoms with Crippen molar-refractivity contribution in [3.63, 3.8) is 0 Å². The number of aromatic nitrogens is 3. The van der Waals surface area contributed by atoms with E-state index in [1.165, 1.54) is 17.4 Å². The molecule has 0 saturated heterocycles. The van der Waals surface area contributed by atoms with Gasteiger partial charge in [0.25, 0.3) is 5.91 Å². The fraction of sp³-hybridized carbons (Fsp3) is 0.700. The Kier molecular flexibility index (Phi) is 2.91. The van der Waals surface area contributed by atoms with Crippen LogP contribution >= 0.6 is 0 Å². The van der Waals surface area contributed by atoms with Crippen LogP contribution in [0, 0.1) is 0 Å². The van der Waals surface area contributed by atoms with E-state index < -0.39 is 0 Å². The van der Waals surface area contributed by atoms with E-state index in [0.717, 1.165) is 12.8 Å². The van der Waals surface area contributed by atoms with Gasteiger partial charge in [0.05, 0.1) is 0 Å². The van der Waals surface area contributed by atoms with E-state index in [0.29, 0.717) is 12.4 Å². The zero-order valence-electron chi connectivity index (χ0n) is 9.66. The van der Waals surface area contributed by atoms with Crippen molar-refractivity contribution >= 4 is 5.91 Å². The van der Waals surface area contributed by atoms with Crippen LogP contribution in [-0.4, -0.2) is 39.8 Å². The van der Waals surface area contributed by atoms with E-state index >= 15 is 0 Å². The van der Waals surface area contributed by atoms with Crippen LogP contribution in [0.2, 0.25) is 0 Å². The number of carbonyl (C=O) groups is 1. The summed E-state index contributed by atoms with van der Waals surface area (Å²) in [6.45, 7) is 0.648. The highest BCUT2D eigenvalue weighted by Crippen LogP contribution is 2.30. The number of nitrogens with zero attached hydrogens (tertiary/aromatic N) is 3. The first-order chi connectivity index (χ1) is 7.67. The summed E-state index contributed by atoms with van der Waals surface area (Å²) in [7, 11) is 3.65. The number of carbonyl (C=O) groups excluding carboxylic acids is 1. The smallest absolute Gasteiger partial charge is 0.288 e. The van der Waals surface area contributed by atoms with E-state index in [4.69, 9.17) is 0 Å². The maximum absolute atomic E-state index is 11.8. The molecule has 0 atom stereocenters. The molecule has 0 unspecified atom stereocenters. The van der Waals surface area contributed by atoms with Gasteiger partial charge in [-0.05, 0) is 26.3 Å². The second-order valence-electron chi connectivity index (χ2n) is 4.27. The Hall–Kier alpha value is -1.43. The molecule has 6 nitrogen and oxygen atoms in total. The van der Waals surface area contributed by atoms with Crippen LogP contribution in [0.1, 0.15) is 29.9 Å². The summed E-state index contributed by atoms with van der Waals surface area (Å²) in [6, 6.07) is 0. The molecule has 0 aromatic carbocycles. The lowest BCUT2D eigenvalue weighted by atomic mass is 9.77. The summed E-state index contributed by atoms with van der Waals surface area (Å²) in [4.78, 5) is 15.7. The highest BCUT2D eigenvalue weighted by atomic mass is 16.2. The Balaban J connectivity index is 1.91. The van der Waals surface area contributed by atoms with Gasteiger partial charge in [-0.3, -0.25) is 4.79 Å². The fourth-order valence-electron chi connectivity index (χ4n) is 1.95. The van der Waals surface area contributed by atoms with Gasteiger partial charge in [-0.15, -0.1) is 0 Å². The Bertz CT molecular complexity index is 377. The molecule has 16 heavy (non-hydrogen) atoms. The molecule has 1 fully saturated rings. The Morgan fingerprint density at radius 2 is 2.38 bits per heavy atom. The third-order valence-electron chi connectivity index (χ3n) is 3.34. The maximum atomic E-state index is 11.8. The number of likely N-dealkylation sites (N-methyl/N-ethyl adjacent to an activating group) is 1. The molecule has 88 valence electrons. The molecule has 2 rings (SSSR count). The van der Waals surface area contributed by atoms with E-state index in [9.17, 15) is 4.79 Å². The lowest BCUT2D eigenvalue weighted by Gasteiger charge is -2.41. The third kappa shape index (κ3) is 1.92. The summed E-state index contributed by atoms with van der Waals surface area (Å²) in [6.07, 6.45) is 4.83. The number of hydrogen-bond donors (Lipinski definition) is 2. The minimum absolute atomic E-state index is 0.0915. The molecular weight excluding hydrogens is 206 g/mol. The average molecular weight is 223 g/mol. The van der Waals surface area contributed by atoms with Crippen LogP contribution in [0.5, 0.6) is 0 Å². The average Bonchev–Trinajstić information content (AvgIpc) is 2.63. The Labute approximate surface area is 94.4 Å². The summed E-state index contributed by atoms with van der Waals surface area (Å²) >= 11 is 0. The molecular formula is C10H17N5O. The molecule has 1 saturated carbocycles. The first kappa shape index (κ1) is 11.1. The number of hydrogen-bond acceptors (Lipinski definition) is 4. The van der Waals surface area contributed by atoms with Crippen LogP contribution in [0.4, 0.5) is 0 Å². The predicted octanol–water partition coefficient (Wildman–Crippen LogP) is -0.313. The van der Waals surface area contributed by atoms with Crippen LogP contribution in [-0.2, 0) is 7.05 Å². The van der Waals surface area contributed by atoms with E-state index in [-0.39, 0.29) is 11.4 Å². The van der Waals surface area contributed by atoms with E-state index in [1.807, 2.05) is 7.05 Å². The van der Waals surface area contributed by atoms with Crippen molar-refractivity contribution in [2.45, 2.75) is 24.8 Å². The van der Waals surface area contributed by atoms with Crippen molar-refractivity contribution in [2.24, 2.45) is 7.05 Å². The zero-order chi connectivity index (χ0) is 11.6. The van der Waals surface area contributed by atoms with Crippen molar-refractivity contribution < 1.29 is 4.79 Å².